The summed E-state index contributed by atoms with van der Waals surface area (Å²) in [6.45, 7) is 5.06. The van der Waals surface area contributed by atoms with Crippen LogP contribution in [0.3, 0.4) is 0 Å². The Bertz CT molecular complexity index is 782. The Balaban J connectivity index is 1.74. The van der Waals surface area contributed by atoms with Gasteiger partial charge in [-0.15, -0.1) is 0 Å². The van der Waals surface area contributed by atoms with E-state index in [2.05, 4.69) is 15.5 Å². The van der Waals surface area contributed by atoms with Crippen molar-refractivity contribution in [1.29, 1.82) is 0 Å². The zero-order valence-electron chi connectivity index (χ0n) is 14.4. The second kappa shape index (κ2) is 7.06. The van der Waals surface area contributed by atoms with E-state index in [-0.39, 0.29) is 17.6 Å². The number of aromatic nitrogens is 2. The first-order valence-corrected chi connectivity index (χ1v) is 8.40. The highest BCUT2D eigenvalue weighted by Gasteiger charge is 2.31. The van der Waals surface area contributed by atoms with Gasteiger partial charge >= 0.3 is 5.97 Å². The summed E-state index contributed by atoms with van der Waals surface area (Å²) in [6, 6.07) is 7.36. The van der Waals surface area contributed by atoms with Crippen LogP contribution in [0.1, 0.15) is 40.7 Å². The first-order chi connectivity index (χ1) is 12.0. The van der Waals surface area contributed by atoms with E-state index in [1.807, 2.05) is 43.0 Å². The monoisotopic (exact) mass is 342 g/mol. The third-order valence-corrected chi connectivity index (χ3v) is 4.61. The van der Waals surface area contributed by atoms with E-state index in [0.29, 0.717) is 31.5 Å². The maximum absolute atomic E-state index is 12.7. The number of aromatic amines is 1. The van der Waals surface area contributed by atoms with Gasteiger partial charge in [-0.25, -0.2) is 4.79 Å². The molecule has 2 heterocycles. The minimum Gasteiger partial charge on any atom is -0.476 e. The average Bonchev–Trinajstić information content (AvgIpc) is 3.01. The highest BCUT2D eigenvalue weighted by molar-refractivity contribution is 5.95. The number of carbonyl (C=O) groups is 2. The van der Waals surface area contributed by atoms with Gasteiger partial charge in [0, 0.05) is 36.5 Å². The van der Waals surface area contributed by atoms with Crippen molar-refractivity contribution in [1.82, 2.24) is 15.1 Å². The molecular weight excluding hydrogens is 320 g/mol. The van der Waals surface area contributed by atoms with Gasteiger partial charge in [0.25, 0.3) is 0 Å². The summed E-state index contributed by atoms with van der Waals surface area (Å²) in [4.78, 5) is 26.0. The van der Waals surface area contributed by atoms with E-state index in [0.717, 1.165) is 16.9 Å². The average molecular weight is 342 g/mol. The number of hydrogen-bond donors (Lipinski definition) is 3. The molecule has 0 fully saturated rings. The summed E-state index contributed by atoms with van der Waals surface area (Å²) in [7, 11) is 0. The van der Waals surface area contributed by atoms with Crippen LogP contribution in [0.2, 0.25) is 0 Å². The van der Waals surface area contributed by atoms with E-state index < -0.39 is 5.97 Å². The van der Waals surface area contributed by atoms with Gasteiger partial charge in [-0.3, -0.25) is 14.8 Å². The fourth-order valence-electron chi connectivity index (χ4n) is 3.23. The third kappa shape index (κ3) is 3.56. The number of carboxylic acids is 1. The predicted octanol–water partition coefficient (Wildman–Crippen LogP) is 2.19. The molecule has 1 aromatic heterocycles. The third-order valence-electron chi connectivity index (χ3n) is 4.61. The Morgan fingerprint density at radius 2 is 2.08 bits per heavy atom. The molecule has 2 aromatic rings. The van der Waals surface area contributed by atoms with Gasteiger partial charge in [-0.1, -0.05) is 24.6 Å². The molecule has 1 aromatic carbocycles. The number of benzene rings is 1. The maximum atomic E-state index is 12.7. The van der Waals surface area contributed by atoms with Crippen molar-refractivity contribution < 1.29 is 14.7 Å². The quantitative estimate of drug-likeness (QED) is 0.774. The number of aromatic carboxylic acids is 1. The first kappa shape index (κ1) is 17.2. The van der Waals surface area contributed by atoms with Gasteiger partial charge in [0.2, 0.25) is 5.91 Å². The van der Waals surface area contributed by atoms with Gasteiger partial charge in [0.05, 0.1) is 6.04 Å². The number of nitrogens with zero attached hydrogens (tertiary/aromatic N) is 2. The Morgan fingerprint density at radius 3 is 2.72 bits per heavy atom. The molecule has 0 saturated heterocycles. The largest absolute Gasteiger partial charge is 0.476 e. The minimum atomic E-state index is -1.04. The number of rotatable bonds is 5. The number of nitrogens with one attached hydrogen (secondary N) is 2. The summed E-state index contributed by atoms with van der Waals surface area (Å²) in [6.07, 6.45) is 1.30. The molecule has 0 unspecified atom stereocenters. The van der Waals surface area contributed by atoms with Crippen molar-refractivity contribution in [2.75, 3.05) is 11.9 Å². The van der Waals surface area contributed by atoms with Crippen molar-refractivity contribution in [3.05, 3.63) is 46.8 Å². The van der Waals surface area contributed by atoms with E-state index in [4.69, 9.17) is 0 Å². The Hall–Kier alpha value is -2.67. The van der Waals surface area contributed by atoms with Crippen molar-refractivity contribution in [2.24, 2.45) is 0 Å². The first-order valence-electron chi connectivity index (χ1n) is 8.40. The van der Waals surface area contributed by atoms with Crippen LogP contribution in [-0.4, -0.2) is 44.7 Å². The van der Waals surface area contributed by atoms with Gasteiger partial charge < -0.3 is 10.4 Å². The zero-order valence-corrected chi connectivity index (χ0v) is 14.4. The number of hydrogen-bond acceptors (Lipinski definition) is 4. The molecule has 7 heteroatoms. The van der Waals surface area contributed by atoms with E-state index in [9.17, 15) is 14.7 Å². The Kier molecular flexibility index (Phi) is 4.85. The van der Waals surface area contributed by atoms with Crippen molar-refractivity contribution in [3.8, 4) is 0 Å². The van der Waals surface area contributed by atoms with Crippen molar-refractivity contribution in [2.45, 2.75) is 39.3 Å². The topological polar surface area (TPSA) is 98.3 Å². The van der Waals surface area contributed by atoms with E-state index in [1.54, 1.807) is 0 Å². The van der Waals surface area contributed by atoms with Crippen LogP contribution in [0.25, 0.3) is 0 Å². The number of H-pyrrole nitrogens is 1. The maximum Gasteiger partial charge on any atom is 0.356 e. The standard InChI is InChI=1S/C18H22N4O3/c1-3-15(17(23)19-12-6-4-11(2)5-7-12)22-9-8-14-13(10-22)16(18(24)25)21-20-14/h4-7,15H,3,8-10H2,1-2H3,(H,19,23)(H,20,21)(H,24,25)/t15-/m1/s1. The molecule has 3 rings (SSSR count). The molecular formula is C18H22N4O3. The molecule has 1 atom stereocenters. The molecule has 1 amide bonds. The molecule has 0 aliphatic carbocycles. The van der Waals surface area contributed by atoms with Crippen molar-refractivity contribution in [3.63, 3.8) is 0 Å². The van der Waals surface area contributed by atoms with Crippen LogP contribution < -0.4 is 5.32 Å². The summed E-state index contributed by atoms with van der Waals surface area (Å²) in [5.41, 5.74) is 3.48. The van der Waals surface area contributed by atoms with Gasteiger partial charge in [-0.2, -0.15) is 5.10 Å². The van der Waals surface area contributed by atoms with Gasteiger partial charge in [-0.05, 0) is 25.5 Å². The predicted molar refractivity (Wildman–Crippen MR) is 93.5 cm³/mol. The molecule has 7 nitrogen and oxygen atoms in total. The second-order valence-electron chi connectivity index (χ2n) is 6.33. The number of carboxylic acid groups (broad SMARTS) is 1. The summed E-state index contributed by atoms with van der Waals surface area (Å²) in [5, 5.41) is 18.9. The normalized spacial score (nSPS) is 15.4. The number of anilines is 1. The molecule has 0 spiro atoms. The molecule has 1 aliphatic rings. The molecule has 0 radical (unpaired) electrons. The van der Waals surface area contributed by atoms with E-state index >= 15 is 0 Å². The summed E-state index contributed by atoms with van der Waals surface area (Å²) in [5.74, 6) is -1.12. The van der Waals surface area contributed by atoms with Crippen LogP contribution in [0, 0.1) is 6.92 Å². The van der Waals surface area contributed by atoms with Crippen LogP contribution in [0.5, 0.6) is 0 Å². The summed E-state index contributed by atoms with van der Waals surface area (Å²) >= 11 is 0. The molecule has 0 saturated carbocycles. The fourth-order valence-corrected chi connectivity index (χ4v) is 3.23. The van der Waals surface area contributed by atoms with Gasteiger partial charge in [0.15, 0.2) is 5.69 Å². The Morgan fingerprint density at radius 1 is 1.36 bits per heavy atom. The summed E-state index contributed by atoms with van der Waals surface area (Å²) < 4.78 is 0. The van der Waals surface area contributed by atoms with Crippen molar-refractivity contribution >= 4 is 17.6 Å². The molecule has 132 valence electrons. The minimum absolute atomic E-state index is 0.0495. The zero-order chi connectivity index (χ0) is 18.0. The lowest BCUT2D eigenvalue weighted by Crippen LogP contribution is -2.46. The van der Waals surface area contributed by atoms with Crippen LogP contribution in [-0.2, 0) is 17.8 Å². The Labute approximate surface area is 146 Å². The van der Waals surface area contributed by atoms with Crippen LogP contribution in [0.4, 0.5) is 5.69 Å². The van der Waals surface area contributed by atoms with Gasteiger partial charge in [0.1, 0.15) is 0 Å². The lowest BCUT2D eigenvalue weighted by molar-refractivity contribution is -0.121. The SMILES string of the molecule is CC[C@H](C(=O)Nc1ccc(C)cc1)N1CCc2[nH]nc(C(=O)O)c2C1. The smallest absolute Gasteiger partial charge is 0.356 e. The molecule has 0 bridgehead atoms. The lowest BCUT2D eigenvalue weighted by atomic mass is 10.0. The second-order valence-corrected chi connectivity index (χ2v) is 6.33. The molecule has 3 N–H and O–H groups in total. The molecule has 25 heavy (non-hydrogen) atoms. The highest BCUT2D eigenvalue weighted by atomic mass is 16.4. The van der Waals surface area contributed by atoms with E-state index in [1.165, 1.54) is 0 Å². The lowest BCUT2D eigenvalue weighted by Gasteiger charge is -2.33. The number of amides is 1. The number of aryl methyl sites for hydroxylation is 1. The number of fused-ring (bicyclic) bond motifs is 1. The highest BCUT2D eigenvalue weighted by Crippen LogP contribution is 2.23. The van der Waals surface area contributed by atoms with Crippen LogP contribution >= 0.6 is 0 Å². The number of carbonyl (C=O) groups excluding carboxylic acids is 1. The molecule has 1 aliphatic heterocycles. The fraction of sp³-hybridized carbons (Fsp3) is 0.389. The van der Waals surface area contributed by atoms with Crippen LogP contribution in [0.15, 0.2) is 24.3 Å².